The molecule has 1 fully saturated rings. The summed E-state index contributed by atoms with van der Waals surface area (Å²) < 4.78 is 5.83. The van der Waals surface area contributed by atoms with Gasteiger partial charge in [-0.15, -0.1) is 0 Å². The van der Waals surface area contributed by atoms with Crippen LogP contribution in [-0.2, 0) is 11.3 Å². The van der Waals surface area contributed by atoms with Gasteiger partial charge in [0, 0.05) is 13.1 Å². The summed E-state index contributed by atoms with van der Waals surface area (Å²) in [4.78, 5) is 11.8. The van der Waals surface area contributed by atoms with Gasteiger partial charge in [0.1, 0.15) is 5.75 Å². The highest BCUT2D eigenvalue weighted by Gasteiger charge is 2.22. The van der Waals surface area contributed by atoms with Crippen LogP contribution in [0, 0.1) is 0 Å². The van der Waals surface area contributed by atoms with Gasteiger partial charge in [-0.1, -0.05) is 19.1 Å². The second-order valence-corrected chi connectivity index (χ2v) is 4.82. The number of amides is 1. The quantitative estimate of drug-likeness (QED) is 0.851. The smallest absolute Gasteiger partial charge is 0.261 e. The van der Waals surface area contributed by atoms with Gasteiger partial charge in [-0.25, -0.2) is 0 Å². The minimum atomic E-state index is -0.350. The second kappa shape index (κ2) is 7.14. The molecule has 0 aliphatic carbocycles. The van der Waals surface area contributed by atoms with E-state index in [2.05, 4.69) is 23.6 Å². The molecule has 1 aromatic rings. The van der Waals surface area contributed by atoms with E-state index < -0.39 is 0 Å². The van der Waals surface area contributed by atoms with Crippen molar-refractivity contribution in [1.29, 1.82) is 0 Å². The van der Waals surface area contributed by atoms with E-state index in [1.165, 1.54) is 5.56 Å². The summed E-state index contributed by atoms with van der Waals surface area (Å²) in [6.45, 7) is 4.61. The number of nitrogens with one attached hydrogen (secondary N) is 2. The summed E-state index contributed by atoms with van der Waals surface area (Å²) in [5, 5.41) is 6.17. The summed E-state index contributed by atoms with van der Waals surface area (Å²) in [6, 6.07) is 7.94. The lowest BCUT2D eigenvalue weighted by Gasteiger charge is -2.16. The molecule has 104 valence electrons. The van der Waals surface area contributed by atoms with Crippen LogP contribution >= 0.6 is 0 Å². The standard InChI is InChI=1S/C15H22N2O2/c1-2-16-11-12-6-5-7-13(10-12)19-14-8-3-4-9-17-15(14)18/h5-7,10,14,16H,2-4,8-9,11H2,1H3,(H,17,18). The number of rotatable bonds is 5. The molecule has 1 amide bonds. The molecule has 1 heterocycles. The zero-order chi connectivity index (χ0) is 13.5. The SMILES string of the molecule is CCNCc1cccc(OC2CCCCNC2=O)c1. The van der Waals surface area contributed by atoms with E-state index in [0.29, 0.717) is 0 Å². The third-order valence-electron chi connectivity index (χ3n) is 3.24. The Morgan fingerprint density at radius 2 is 2.32 bits per heavy atom. The number of hydrogen-bond donors (Lipinski definition) is 2. The third kappa shape index (κ3) is 4.24. The van der Waals surface area contributed by atoms with Crippen molar-refractivity contribution >= 4 is 5.91 Å². The molecule has 1 unspecified atom stereocenters. The highest BCUT2D eigenvalue weighted by Crippen LogP contribution is 2.18. The molecular formula is C15H22N2O2. The highest BCUT2D eigenvalue weighted by atomic mass is 16.5. The van der Waals surface area contributed by atoms with Crippen molar-refractivity contribution in [2.45, 2.75) is 38.8 Å². The Hall–Kier alpha value is -1.55. The lowest BCUT2D eigenvalue weighted by atomic mass is 10.1. The molecule has 19 heavy (non-hydrogen) atoms. The third-order valence-corrected chi connectivity index (χ3v) is 3.24. The number of benzene rings is 1. The molecule has 1 aliphatic rings. The molecule has 1 saturated heterocycles. The first kappa shape index (κ1) is 13.9. The summed E-state index contributed by atoms with van der Waals surface area (Å²) in [5.41, 5.74) is 1.17. The van der Waals surface area contributed by atoms with Gasteiger partial charge in [0.2, 0.25) is 0 Å². The number of ether oxygens (including phenoxy) is 1. The van der Waals surface area contributed by atoms with Gasteiger partial charge >= 0.3 is 0 Å². The molecule has 0 spiro atoms. The summed E-state index contributed by atoms with van der Waals surface area (Å²) >= 11 is 0. The Balaban J connectivity index is 1.99. The maximum Gasteiger partial charge on any atom is 0.261 e. The number of carbonyl (C=O) groups excluding carboxylic acids is 1. The predicted molar refractivity (Wildman–Crippen MR) is 75.1 cm³/mol. The van der Waals surface area contributed by atoms with Crippen LogP contribution in [0.3, 0.4) is 0 Å². The maximum absolute atomic E-state index is 11.8. The van der Waals surface area contributed by atoms with Gasteiger partial charge in [0.05, 0.1) is 0 Å². The highest BCUT2D eigenvalue weighted by molar-refractivity contribution is 5.81. The van der Waals surface area contributed by atoms with Crippen molar-refractivity contribution in [1.82, 2.24) is 10.6 Å². The fourth-order valence-electron chi connectivity index (χ4n) is 2.19. The Labute approximate surface area is 114 Å². The lowest BCUT2D eigenvalue weighted by Crippen LogP contribution is -2.36. The predicted octanol–water partition coefficient (Wildman–Crippen LogP) is 1.84. The molecule has 1 atom stereocenters. The van der Waals surface area contributed by atoms with Crippen LogP contribution in [-0.4, -0.2) is 25.1 Å². The van der Waals surface area contributed by atoms with Crippen LogP contribution in [0.4, 0.5) is 0 Å². The molecule has 0 saturated carbocycles. The summed E-state index contributed by atoms with van der Waals surface area (Å²) in [7, 11) is 0. The summed E-state index contributed by atoms with van der Waals surface area (Å²) in [6.07, 6.45) is 2.51. The normalized spacial score (nSPS) is 19.6. The van der Waals surface area contributed by atoms with Gasteiger partial charge in [0.25, 0.3) is 5.91 Å². The number of carbonyl (C=O) groups is 1. The molecule has 1 aromatic carbocycles. The maximum atomic E-state index is 11.8. The zero-order valence-corrected chi connectivity index (χ0v) is 11.4. The average molecular weight is 262 g/mol. The molecule has 0 bridgehead atoms. The molecular weight excluding hydrogens is 240 g/mol. The average Bonchev–Trinajstić information content (AvgIpc) is 2.62. The van der Waals surface area contributed by atoms with E-state index >= 15 is 0 Å². The van der Waals surface area contributed by atoms with Crippen molar-refractivity contribution in [2.75, 3.05) is 13.1 Å². The van der Waals surface area contributed by atoms with Gasteiger partial charge in [-0.2, -0.15) is 0 Å². The second-order valence-electron chi connectivity index (χ2n) is 4.82. The summed E-state index contributed by atoms with van der Waals surface area (Å²) in [5.74, 6) is 0.784. The Morgan fingerprint density at radius 3 is 3.16 bits per heavy atom. The van der Waals surface area contributed by atoms with Crippen molar-refractivity contribution < 1.29 is 9.53 Å². The van der Waals surface area contributed by atoms with Crippen LogP contribution in [0.1, 0.15) is 31.7 Å². The molecule has 2 N–H and O–H groups in total. The lowest BCUT2D eigenvalue weighted by molar-refractivity contribution is -0.127. The molecule has 4 heteroatoms. The molecule has 2 rings (SSSR count). The molecule has 4 nitrogen and oxygen atoms in total. The van der Waals surface area contributed by atoms with Crippen LogP contribution in [0.15, 0.2) is 24.3 Å². The monoisotopic (exact) mass is 262 g/mol. The van der Waals surface area contributed by atoms with E-state index in [-0.39, 0.29) is 12.0 Å². The minimum Gasteiger partial charge on any atom is -0.481 e. The van der Waals surface area contributed by atoms with E-state index in [1.54, 1.807) is 0 Å². The Morgan fingerprint density at radius 1 is 1.42 bits per heavy atom. The van der Waals surface area contributed by atoms with Crippen molar-refractivity contribution in [3.63, 3.8) is 0 Å². The topological polar surface area (TPSA) is 50.4 Å². The first-order chi connectivity index (χ1) is 9.29. The van der Waals surface area contributed by atoms with Crippen molar-refractivity contribution in [3.8, 4) is 5.75 Å². The first-order valence-corrected chi connectivity index (χ1v) is 7.03. The largest absolute Gasteiger partial charge is 0.481 e. The fraction of sp³-hybridized carbons (Fsp3) is 0.533. The van der Waals surface area contributed by atoms with Crippen molar-refractivity contribution in [3.05, 3.63) is 29.8 Å². The van der Waals surface area contributed by atoms with Crippen LogP contribution in [0.5, 0.6) is 5.75 Å². The van der Waals surface area contributed by atoms with E-state index in [1.807, 2.05) is 18.2 Å². The van der Waals surface area contributed by atoms with Crippen molar-refractivity contribution in [2.24, 2.45) is 0 Å². The number of hydrogen-bond acceptors (Lipinski definition) is 3. The molecule has 0 radical (unpaired) electrons. The first-order valence-electron chi connectivity index (χ1n) is 7.03. The Bertz CT molecular complexity index is 420. The van der Waals surface area contributed by atoms with E-state index in [4.69, 9.17) is 4.74 Å². The molecule has 0 aromatic heterocycles. The van der Waals surface area contributed by atoms with Gasteiger partial charge in [0.15, 0.2) is 6.10 Å². The van der Waals surface area contributed by atoms with Crippen LogP contribution < -0.4 is 15.4 Å². The van der Waals surface area contributed by atoms with Gasteiger partial charge in [-0.3, -0.25) is 4.79 Å². The van der Waals surface area contributed by atoms with E-state index in [9.17, 15) is 4.79 Å². The van der Waals surface area contributed by atoms with Crippen LogP contribution in [0.2, 0.25) is 0 Å². The van der Waals surface area contributed by atoms with E-state index in [0.717, 1.165) is 44.6 Å². The minimum absolute atomic E-state index is 0.00888. The fourth-order valence-corrected chi connectivity index (χ4v) is 2.19. The van der Waals surface area contributed by atoms with Crippen LogP contribution in [0.25, 0.3) is 0 Å². The zero-order valence-electron chi connectivity index (χ0n) is 11.4. The Kier molecular flexibility index (Phi) is 5.21. The van der Waals surface area contributed by atoms with Gasteiger partial charge < -0.3 is 15.4 Å². The molecule has 1 aliphatic heterocycles. The van der Waals surface area contributed by atoms with Gasteiger partial charge in [-0.05, 0) is 43.5 Å².